The molecular formula is C22H21ClN2S. The molecule has 0 unspecified atom stereocenters. The van der Waals surface area contributed by atoms with Crippen LogP contribution in [-0.4, -0.2) is 10.0 Å². The first-order valence-electron chi connectivity index (χ1n) is 8.52. The first-order valence-corrected chi connectivity index (χ1v) is 9.30. The van der Waals surface area contributed by atoms with Gasteiger partial charge < -0.3 is 10.2 Å². The number of aryl methyl sites for hydroxylation is 1. The van der Waals surface area contributed by atoms with Crippen molar-refractivity contribution in [1.82, 2.24) is 4.90 Å². The van der Waals surface area contributed by atoms with Gasteiger partial charge in [0.1, 0.15) is 0 Å². The number of rotatable bonds is 5. The van der Waals surface area contributed by atoms with Crippen LogP contribution in [0.25, 0.3) is 0 Å². The molecule has 2 nitrogen and oxygen atoms in total. The maximum Gasteiger partial charge on any atom is 0.174 e. The van der Waals surface area contributed by atoms with Gasteiger partial charge in [0.05, 0.1) is 0 Å². The number of halogens is 1. The van der Waals surface area contributed by atoms with E-state index in [-0.39, 0.29) is 0 Å². The van der Waals surface area contributed by atoms with Gasteiger partial charge in [-0.3, -0.25) is 0 Å². The molecule has 0 radical (unpaired) electrons. The molecule has 4 heteroatoms. The number of hydrogen-bond donors (Lipinski definition) is 1. The van der Waals surface area contributed by atoms with E-state index in [0.29, 0.717) is 5.11 Å². The minimum Gasteiger partial charge on any atom is -0.340 e. The fourth-order valence-corrected chi connectivity index (χ4v) is 3.11. The van der Waals surface area contributed by atoms with Gasteiger partial charge in [-0.1, -0.05) is 78.3 Å². The van der Waals surface area contributed by atoms with E-state index in [4.69, 9.17) is 23.8 Å². The van der Waals surface area contributed by atoms with Crippen LogP contribution in [0, 0.1) is 6.92 Å². The molecule has 0 amide bonds. The number of anilines is 1. The first kappa shape index (κ1) is 18.4. The lowest BCUT2D eigenvalue weighted by atomic mass is 10.2. The van der Waals surface area contributed by atoms with Gasteiger partial charge in [-0.05, 0) is 48.0 Å². The second-order valence-corrected chi connectivity index (χ2v) is 7.02. The molecule has 3 aromatic carbocycles. The van der Waals surface area contributed by atoms with Gasteiger partial charge in [0, 0.05) is 23.8 Å². The summed E-state index contributed by atoms with van der Waals surface area (Å²) in [6.45, 7) is 3.46. The van der Waals surface area contributed by atoms with Crippen LogP contribution in [0.15, 0.2) is 78.9 Å². The number of nitrogens with one attached hydrogen (secondary N) is 1. The van der Waals surface area contributed by atoms with E-state index in [0.717, 1.165) is 29.4 Å². The molecule has 0 aliphatic rings. The van der Waals surface area contributed by atoms with Crippen molar-refractivity contribution in [3.63, 3.8) is 0 Å². The Balaban J connectivity index is 1.78. The van der Waals surface area contributed by atoms with Crippen molar-refractivity contribution in [1.29, 1.82) is 0 Å². The summed E-state index contributed by atoms with van der Waals surface area (Å²) in [5, 5.41) is 4.73. The zero-order chi connectivity index (χ0) is 18.4. The van der Waals surface area contributed by atoms with Crippen LogP contribution >= 0.6 is 23.8 Å². The smallest absolute Gasteiger partial charge is 0.174 e. The number of nitrogens with zero attached hydrogens (tertiary/aromatic N) is 1. The fraction of sp³-hybridized carbons (Fsp3) is 0.136. The third-order valence-electron chi connectivity index (χ3n) is 4.14. The summed E-state index contributed by atoms with van der Waals surface area (Å²) in [6.07, 6.45) is 0. The van der Waals surface area contributed by atoms with Crippen LogP contribution in [-0.2, 0) is 13.1 Å². The second-order valence-electron chi connectivity index (χ2n) is 6.22. The fourth-order valence-electron chi connectivity index (χ4n) is 2.68. The van der Waals surface area contributed by atoms with Gasteiger partial charge in [0.2, 0.25) is 0 Å². The SMILES string of the molecule is Cc1ccc(NC(=S)N(Cc2ccccc2)Cc2ccccc2)cc1Cl. The third kappa shape index (κ3) is 5.07. The molecule has 0 spiro atoms. The molecule has 1 N–H and O–H groups in total. The highest BCUT2D eigenvalue weighted by atomic mass is 35.5. The topological polar surface area (TPSA) is 15.3 Å². The molecule has 3 rings (SSSR count). The highest BCUT2D eigenvalue weighted by Gasteiger charge is 2.12. The third-order valence-corrected chi connectivity index (χ3v) is 4.91. The van der Waals surface area contributed by atoms with Crippen LogP contribution in [0.3, 0.4) is 0 Å². The zero-order valence-corrected chi connectivity index (χ0v) is 16.2. The predicted octanol–water partition coefficient (Wildman–Crippen LogP) is 6.05. The largest absolute Gasteiger partial charge is 0.340 e. The van der Waals surface area contributed by atoms with Crippen molar-refractivity contribution >= 4 is 34.6 Å². The maximum absolute atomic E-state index is 6.24. The quantitative estimate of drug-likeness (QED) is 0.542. The Morgan fingerprint density at radius 2 is 1.42 bits per heavy atom. The maximum atomic E-state index is 6.24. The van der Waals surface area contributed by atoms with E-state index in [2.05, 4.69) is 34.5 Å². The molecular weight excluding hydrogens is 360 g/mol. The van der Waals surface area contributed by atoms with Crippen molar-refractivity contribution in [3.05, 3.63) is 101 Å². The molecule has 26 heavy (non-hydrogen) atoms. The van der Waals surface area contributed by atoms with Crippen molar-refractivity contribution in [2.24, 2.45) is 0 Å². The molecule has 0 aliphatic heterocycles. The van der Waals surface area contributed by atoms with Crippen molar-refractivity contribution in [2.75, 3.05) is 5.32 Å². The number of benzene rings is 3. The summed E-state index contributed by atoms with van der Waals surface area (Å²) in [5.41, 5.74) is 4.38. The Morgan fingerprint density at radius 1 is 0.885 bits per heavy atom. The predicted molar refractivity (Wildman–Crippen MR) is 115 cm³/mol. The van der Waals surface area contributed by atoms with Gasteiger partial charge in [-0.25, -0.2) is 0 Å². The van der Waals surface area contributed by atoms with Gasteiger partial charge in [0.25, 0.3) is 0 Å². The minimum absolute atomic E-state index is 0.678. The van der Waals surface area contributed by atoms with E-state index in [1.807, 2.05) is 61.5 Å². The van der Waals surface area contributed by atoms with Crippen LogP contribution < -0.4 is 5.32 Å². The summed E-state index contributed by atoms with van der Waals surface area (Å²) >= 11 is 11.9. The van der Waals surface area contributed by atoms with Crippen molar-refractivity contribution in [3.8, 4) is 0 Å². The van der Waals surface area contributed by atoms with E-state index in [1.54, 1.807) is 0 Å². The summed E-state index contributed by atoms with van der Waals surface area (Å²) in [4.78, 5) is 2.16. The Bertz CT molecular complexity index is 824. The molecule has 132 valence electrons. The normalized spacial score (nSPS) is 10.4. The Morgan fingerprint density at radius 3 is 1.92 bits per heavy atom. The lowest BCUT2D eigenvalue weighted by Gasteiger charge is -2.26. The zero-order valence-electron chi connectivity index (χ0n) is 14.7. The molecule has 0 aliphatic carbocycles. The number of thiocarbonyl (C=S) groups is 1. The molecule has 0 saturated heterocycles. The Kier molecular flexibility index (Phi) is 6.26. The molecule has 0 fully saturated rings. The van der Waals surface area contributed by atoms with E-state index < -0.39 is 0 Å². The summed E-state index contributed by atoms with van der Waals surface area (Å²) < 4.78 is 0. The van der Waals surface area contributed by atoms with E-state index >= 15 is 0 Å². The van der Waals surface area contributed by atoms with Gasteiger partial charge in [0.15, 0.2) is 5.11 Å². The standard InChI is InChI=1S/C22H21ClN2S/c1-17-12-13-20(14-21(17)23)24-22(26)25(15-18-8-4-2-5-9-18)16-19-10-6-3-7-11-19/h2-14H,15-16H2,1H3,(H,24,26). The summed E-state index contributed by atoms with van der Waals surface area (Å²) in [6, 6.07) is 26.6. The summed E-state index contributed by atoms with van der Waals surface area (Å²) in [7, 11) is 0. The van der Waals surface area contributed by atoms with Gasteiger partial charge in [-0.15, -0.1) is 0 Å². The second kappa shape index (κ2) is 8.84. The van der Waals surface area contributed by atoms with Crippen LogP contribution in [0.1, 0.15) is 16.7 Å². The van der Waals surface area contributed by atoms with Gasteiger partial charge in [-0.2, -0.15) is 0 Å². The van der Waals surface area contributed by atoms with Crippen LogP contribution in [0.5, 0.6) is 0 Å². The number of hydrogen-bond acceptors (Lipinski definition) is 1. The monoisotopic (exact) mass is 380 g/mol. The first-order chi connectivity index (χ1) is 12.6. The average Bonchev–Trinajstić information content (AvgIpc) is 2.66. The average molecular weight is 381 g/mol. The van der Waals surface area contributed by atoms with Crippen LogP contribution in [0.2, 0.25) is 5.02 Å². The molecule has 0 bridgehead atoms. The summed E-state index contributed by atoms with van der Waals surface area (Å²) in [5.74, 6) is 0. The van der Waals surface area contributed by atoms with Crippen LogP contribution in [0.4, 0.5) is 5.69 Å². The Hall–Kier alpha value is -2.36. The van der Waals surface area contributed by atoms with Crippen molar-refractivity contribution in [2.45, 2.75) is 20.0 Å². The molecule has 0 heterocycles. The van der Waals surface area contributed by atoms with Crippen molar-refractivity contribution < 1.29 is 0 Å². The minimum atomic E-state index is 0.678. The molecule has 0 atom stereocenters. The molecule has 0 aromatic heterocycles. The highest BCUT2D eigenvalue weighted by molar-refractivity contribution is 7.80. The van der Waals surface area contributed by atoms with E-state index in [1.165, 1.54) is 11.1 Å². The molecule has 0 saturated carbocycles. The highest BCUT2D eigenvalue weighted by Crippen LogP contribution is 2.21. The lowest BCUT2D eigenvalue weighted by molar-refractivity contribution is 0.413. The van der Waals surface area contributed by atoms with Gasteiger partial charge >= 0.3 is 0 Å². The Labute approximate surface area is 165 Å². The lowest BCUT2D eigenvalue weighted by Crippen LogP contribution is -2.33. The van der Waals surface area contributed by atoms with E-state index in [9.17, 15) is 0 Å². The molecule has 3 aromatic rings.